The van der Waals surface area contributed by atoms with Gasteiger partial charge in [-0.25, -0.2) is 4.39 Å². The fraction of sp³-hybridized carbons (Fsp3) is 0.267. The number of carboxylic acids is 1. The molecule has 0 aliphatic heterocycles. The molecule has 0 amide bonds. The third-order valence-corrected chi connectivity index (χ3v) is 4.05. The van der Waals surface area contributed by atoms with Gasteiger partial charge in [-0.2, -0.15) is 0 Å². The highest BCUT2D eigenvalue weighted by atomic mass is 32.1. The Labute approximate surface area is 121 Å². The summed E-state index contributed by atoms with van der Waals surface area (Å²) in [6, 6.07) is 9.80. The van der Waals surface area contributed by atoms with Crippen LogP contribution in [0.15, 0.2) is 41.8 Å². The fourth-order valence-corrected chi connectivity index (χ4v) is 2.56. The van der Waals surface area contributed by atoms with Crippen molar-refractivity contribution >= 4 is 17.3 Å². The fourth-order valence-electron chi connectivity index (χ4n) is 1.92. The summed E-state index contributed by atoms with van der Waals surface area (Å²) in [6.07, 6.45) is 0.300. The van der Waals surface area contributed by atoms with Crippen molar-refractivity contribution in [2.24, 2.45) is 0 Å². The van der Waals surface area contributed by atoms with Gasteiger partial charge in [0.25, 0.3) is 0 Å². The van der Waals surface area contributed by atoms with Crippen LogP contribution in [0.2, 0.25) is 0 Å². The van der Waals surface area contributed by atoms with Crippen molar-refractivity contribution in [1.82, 2.24) is 5.32 Å². The highest BCUT2D eigenvalue weighted by Gasteiger charge is 2.32. The first-order valence-corrected chi connectivity index (χ1v) is 7.13. The maximum absolute atomic E-state index is 12.9. The lowest BCUT2D eigenvalue weighted by Gasteiger charge is -2.26. The maximum atomic E-state index is 12.9. The van der Waals surface area contributed by atoms with Gasteiger partial charge in [-0.05, 0) is 36.1 Å². The van der Waals surface area contributed by atoms with Gasteiger partial charge in [0.15, 0.2) is 0 Å². The smallest absolute Gasteiger partial charge is 0.323 e. The number of benzene rings is 1. The van der Waals surface area contributed by atoms with Crippen LogP contribution in [0.1, 0.15) is 17.4 Å². The van der Waals surface area contributed by atoms with Gasteiger partial charge in [-0.3, -0.25) is 10.1 Å². The Bertz CT molecular complexity index is 568. The van der Waals surface area contributed by atoms with Crippen LogP contribution in [0.25, 0.3) is 0 Å². The molecule has 106 valence electrons. The van der Waals surface area contributed by atoms with E-state index in [9.17, 15) is 14.3 Å². The number of carboxylic acid groups (broad SMARTS) is 1. The minimum absolute atomic E-state index is 0.300. The second-order valence-corrected chi connectivity index (χ2v) is 5.91. The zero-order chi connectivity index (χ0) is 14.6. The van der Waals surface area contributed by atoms with Gasteiger partial charge in [0.05, 0.1) is 0 Å². The summed E-state index contributed by atoms with van der Waals surface area (Å²) in [5, 5.41) is 14.5. The molecule has 0 saturated heterocycles. The highest BCUT2D eigenvalue weighted by molar-refractivity contribution is 7.09. The Morgan fingerprint density at radius 3 is 2.60 bits per heavy atom. The molecule has 0 bridgehead atoms. The first-order valence-electron chi connectivity index (χ1n) is 6.25. The summed E-state index contributed by atoms with van der Waals surface area (Å²) < 4.78 is 12.9. The second-order valence-electron chi connectivity index (χ2n) is 4.87. The lowest BCUT2D eigenvalue weighted by atomic mass is 9.92. The topological polar surface area (TPSA) is 49.3 Å². The van der Waals surface area contributed by atoms with Crippen molar-refractivity contribution in [2.45, 2.75) is 25.4 Å². The Kier molecular flexibility index (Phi) is 4.52. The predicted molar refractivity (Wildman–Crippen MR) is 77.3 cm³/mol. The zero-order valence-corrected chi connectivity index (χ0v) is 11.9. The van der Waals surface area contributed by atoms with Crippen molar-refractivity contribution in [3.05, 3.63) is 58.0 Å². The molecule has 0 fully saturated rings. The van der Waals surface area contributed by atoms with Gasteiger partial charge in [0.1, 0.15) is 11.4 Å². The monoisotopic (exact) mass is 293 g/mol. The molecule has 1 heterocycles. The molecule has 0 radical (unpaired) electrons. The quantitative estimate of drug-likeness (QED) is 0.860. The lowest BCUT2D eigenvalue weighted by molar-refractivity contribution is -0.144. The van der Waals surface area contributed by atoms with E-state index in [-0.39, 0.29) is 5.82 Å². The van der Waals surface area contributed by atoms with Crippen LogP contribution in [0.3, 0.4) is 0 Å². The largest absolute Gasteiger partial charge is 0.480 e. The van der Waals surface area contributed by atoms with Crippen molar-refractivity contribution in [1.29, 1.82) is 0 Å². The molecular weight excluding hydrogens is 277 g/mol. The van der Waals surface area contributed by atoms with Gasteiger partial charge >= 0.3 is 5.97 Å². The number of hydrogen-bond donors (Lipinski definition) is 2. The van der Waals surface area contributed by atoms with Crippen LogP contribution in [0.5, 0.6) is 0 Å². The van der Waals surface area contributed by atoms with E-state index in [2.05, 4.69) is 5.32 Å². The first kappa shape index (κ1) is 14.7. The first-order chi connectivity index (χ1) is 9.49. The molecule has 1 aromatic carbocycles. The van der Waals surface area contributed by atoms with Gasteiger partial charge in [-0.15, -0.1) is 11.3 Å². The van der Waals surface area contributed by atoms with Gasteiger partial charge in [0, 0.05) is 17.8 Å². The standard InChI is InChI=1S/C15H16FNO2S/c1-15(14(18)19,17-10-13-3-2-8-20-13)9-11-4-6-12(16)7-5-11/h2-8,17H,9-10H2,1H3,(H,18,19). The third kappa shape index (κ3) is 3.65. The molecule has 1 atom stereocenters. The summed E-state index contributed by atoms with van der Waals surface area (Å²) >= 11 is 1.58. The van der Waals surface area contributed by atoms with Crippen molar-refractivity contribution < 1.29 is 14.3 Å². The normalized spacial score (nSPS) is 13.9. The molecule has 2 N–H and O–H groups in total. The molecule has 0 spiro atoms. The number of carbonyl (C=O) groups is 1. The van der Waals surface area contributed by atoms with Crippen LogP contribution in [-0.2, 0) is 17.8 Å². The van der Waals surface area contributed by atoms with Crippen LogP contribution in [-0.4, -0.2) is 16.6 Å². The Balaban J connectivity index is 2.08. The number of aliphatic carboxylic acids is 1. The molecule has 20 heavy (non-hydrogen) atoms. The molecular formula is C15H16FNO2S. The summed E-state index contributed by atoms with van der Waals surface area (Å²) in [5.41, 5.74) is -0.295. The van der Waals surface area contributed by atoms with Crippen molar-refractivity contribution in [3.8, 4) is 0 Å². The molecule has 1 unspecified atom stereocenters. The van der Waals surface area contributed by atoms with E-state index in [1.54, 1.807) is 30.4 Å². The van der Waals surface area contributed by atoms with E-state index in [0.717, 1.165) is 10.4 Å². The molecule has 0 aliphatic rings. The molecule has 5 heteroatoms. The third-order valence-electron chi connectivity index (χ3n) is 3.18. The SMILES string of the molecule is CC(Cc1ccc(F)cc1)(NCc1cccs1)C(=O)O. The summed E-state index contributed by atoms with van der Waals surface area (Å²) in [4.78, 5) is 12.6. The van der Waals surface area contributed by atoms with Gasteiger partial charge in [-0.1, -0.05) is 18.2 Å². The Morgan fingerprint density at radius 2 is 2.05 bits per heavy atom. The molecule has 2 aromatic rings. The van der Waals surface area contributed by atoms with Gasteiger partial charge < -0.3 is 5.11 Å². The van der Waals surface area contributed by atoms with Crippen LogP contribution >= 0.6 is 11.3 Å². The van der Waals surface area contributed by atoms with Crippen LogP contribution < -0.4 is 5.32 Å². The number of nitrogens with one attached hydrogen (secondary N) is 1. The lowest BCUT2D eigenvalue weighted by Crippen LogP contribution is -2.50. The van der Waals surface area contributed by atoms with E-state index in [0.29, 0.717) is 13.0 Å². The highest BCUT2D eigenvalue weighted by Crippen LogP contribution is 2.17. The summed E-state index contributed by atoms with van der Waals surface area (Å²) in [7, 11) is 0. The minimum atomic E-state index is -1.08. The molecule has 0 saturated carbocycles. The van der Waals surface area contributed by atoms with Gasteiger partial charge in [0.2, 0.25) is 0 Å². The zero-order valence-electron chi connectivity index (χ0n) is 11.1. The van der Waals surface area contributed by atoms with E-state index in [1.807, 2.05) is 17.5 Å². The number of hydrogen-bond acceptors (Lipinski definition) is 3. The molecule has 3 nitrogen and oxygen atoms in total. The Morgan fingerprint density at radius 1 is 1.35 bits per heavy atom. The number of halogens is 1. The number of rotatable bonds is 6. The van der Waals surface area contributed by atoms with E-state index < -0.39 is 11.5 Å². The molecule has 2 rings (SSSR count). The second kappa shape index (κ2) is 6.15. The number of thiophene rings is 1. The van der Waals surface area contributed by atoms with Crippen LogP contribution in [0, 0.1) is 5.82 Å². The minimum Gasteiger partial charge on any atom is -0.480 e. The van der Waals surface area contributed by atoms with E-state index in [4.69, 9.17) is 0 Å². The average molecular weight is 293 g/mol. The summed E-state index contributed by atoms with van der Waals surface area (Å²) in [6.45, 7) is 2.15. The van der Waals surface area contributed by atoms with Crippen molar-refractivity contribution in [2.75, 3.05) is 0 Å². The molecule has 0 aliphatic carbocycles. The maximum Gasteiger partial charge on any atom is 0.323 e. The summed E-state index contributed by atoms with van der Waals surface area (Å²) in [5.74, 6) is -1.24. The van der Waals surface area contributed by atoms with E-state index >= 15 is 0 Å². The van der Waals surface area contributed by atoms with E-state index in [1.165, 1.54) is 12.1 Å². The molecule has 1 aromatic heterocycles. The van der Waals surface area contributed by atoms with Crippen molar-refractivity contribution in [3.63, 3.8) is 0 Å². The predicted octanol–water partition coefficient (Wildman–Crippen LogP) is 3.06. The average Bonchev–Trinajstić information content (AvgIpc) is 2.92. The Hall–Kier alpha value is -1.72. The van der Waals surface area contributed by atoms with Crippen LogP contribution in [0.4, 0.5) is 4.39 Å².